The predicted octanol–water partition coefficient (Wildman–Crippen LogP) is 3.82. The fourth-order valence-corrected chi connectivity index (χ4v) is 5.40. The standard InChI is InChI=1S/C21H20F3NO4S/c22-21(23,24)17-2-5-18(6-3-17)29-19-4-1-15-7-8-25(11-16(15)10-19)20(26)9-14-12-30(27,28)13-14/h1-6,10,14H,7-9,11-13H2. The van der Waals surface area contributed by atoms with E-state index in [0.29, 0.717) is 25.3 Å². The molecule has 5 nitrogen and oxygen atoms in total. The lowest BCUT2D eigenvalue weighted by Crippen LogP contribution is -2.42. The van der Waals surface area contributed by atoms with E-state index in [9.17, 15) is 26.4 Å². The van der Waals surface area contributed by atoms with Crippen LogP contribution >= 0.6 is 0 Å². The molecule has 0 radical (unpaired) electrons. The van der Waals surface area contributed by atoms with Gasteiger partial charge in [0.25, 0.3) is 0 Å². The number of alkyl halides is 3. The van der Waals surface area contributed by atoms with E-state index in [1.54, 1.807) is 17.0 Å². The van der Waals surface area contributed by atoms with Crippen LogP contribution in [0.3, 0.4) is 0 Å². The molecule has 2 aromatic carbocycles. The van der Waals surface area contributed by atoms with E-state index < -0.39 is 21.6 Å². The highest BCUT2D eigenvalue weighted by Crippen LogP contribution is 2.32. The molecule has 2 heterocycles. The van der Waals surface area contributed by atoms with Crippen molar-refractivity contribution in [2.24, 2.45) is 5.92 Å². The van der Waals surface area contributed by atoms with Crippen molar-refractivity contribution in [3.63, 3.8) is 0 Å². The van der Waals surface area contributed by atoms with Gasteiger partial charge in [-0.1, -0.05) is 6.07 Å². The van der Waals surface area contributed by atoms with Crippen LogP contribution in [-0.2, 0) is 33.8 Å². The Morgan fingerprint density at radius 1 is 1.03 bits per heavy atom. The molecule has 0 unspecified atom stereocenters. The van der Waals surface area contributed by atoms with Gasteiger partial charge >= 0.3 is 6.18 Å². The van der Waals surface area contributed by atoms with Gasteiger partial charge in [0.05, 0.1) is 17.1 Å². The van der Waals surface area contributed by atoms with E-state index in [1.165, 1.54) is 12.1 Å². The highest BCUT2D eigenvalue weighted by atomic mass is 32.2. The molecule has 0 N–H and O–H groups in total. The molecule has 4 rings (SSSR count). The van der Waals surface area contributed by atoms with Crippen molar-refractivity contribution in [2.75, 3.05) is 18.1 Å². The third-order valence-corrected chi connectivity index (χ3v) is 7.36. The smallest absolute Gasteiger partial charge is 0.416 e. The monoisotopic (exact) mass is 439 g/mol. The maximum absolute atomic E-state index is 12.7. The van der Waals surface area contributed by atoms with E-state index in [0.717, 1.165) is 23.3 Å². The maximum Gasteiger partial charge on any atom is 0.416 e. The number of carbonyl (C=O) groups excluding carboxylic acids is 1. The summed E-state index contributed by atoms with van der Waals surface area (Å²) in [5.41, 5.74) is 1.26. The van der Waals surface area contributed by atoms with E-state index in [2.05, 4.69) is 0 Å². The average Bonchev–Trinajstić information content (AvgIpc) is 2.65. The summed E-state index contributed by atoms with van der Waals surface area (Å²) in [7, 11) is -2.95. The van der Waals surface area contributed by atoms with Crippen LogP contribution in [0.2, 0.25) is 0 Å². The molecule has 1 amide bonds. The van der Waals surface area contributed by atoms with Crippen molar-refractivity contribution in [2.45, 2.75) is 25.6 Å². The van der Waals surface area contributed by atoms with Gasteiger partial charge in [-0.25, -0.2) is 8.42 Å². The van der Waals surface area contributed by atoms with E-state index >= 15 is 0 Å². The third kappa shape index (κ3) is 4.61. The van der Waals surface area contributed by atoms with Crippen LogP contribution in [0.4, 0.5) is 13.2 Å². The Kier molecular flexibility index (Phi) is 5.25. The van der Waals surface area contributed by atoms with Crippen LogP contribution in [0.15, 0.2) is 42.5 Å². The summed E-state index contributed by atoms with van der Waals surface area (Å²) in [4.78, 5) is 14.2. The summed E-state index contributed by atoms with van der Waals surface area (Å²) in [5.74, 6) is 0.765. The second kappa shape index (κ2) is 7.61. The molecule has 1 fully saturated rings. The van der Waals surface area contributed by atoms with E-state index in [4.69, 9.17) is 4.74 Å². The van der Waals surface area contributed by atoms with Gasteiger partial charge in [0.2, 0.25) is 5.91 Å². The van der Waals surface area contributed by atoms with Gasteiger partial charge in [0, 0.05) is 19.5 Å². The minimum atomic E-state index is -4.40. The molecule has 0 bridgehead atoms. The molecule has 0 atom stereocenters. The van der Waals surface area contributed by atoms with Crippen LogP contribution < -0.4 is 4.74 Å². The molecule has 30 heavy (non-hydrogen) atoms. The topological polar surface area (TPSA) is 63.7 Å². The van der Waals surface area contributed by atoms with Crippen molar-refractivity contribution in [3.8, 4) is 11.5 Å². The molecule has 0 saturated carbocycles. The lowest BCUT2D eigenvalue weighted by Gasteiger charge is -2.32. The van der Waals surface area contributed by atoms with Crippen molar-refractivity contribution < 1.29 is 31.1 Å². The first-order valence-electron chi connectivity index (χ1n) is 9.54. The zero-order valence-corrected chi connectivity index (χ0v) is 16.8. The molecule has 0 aliphatic carbocycles. The van der Waals surface area contributed by atoms with Crippen molar-refractivity contribution >= 4 is 15.7 Å². The van der Waals surface area contributed by atoms with E-state index in [-0.39, 0.29) is 35.5 Å². The molecule has 160 valence electrons. The zero-order chi connectivity index (χ0) is 21.5. The van der Waals surface area contributed by atoms with E-state index in [1.807, 2.05) is 6.07 Å². The SMILES string of the molecule is O=C(CC1CS(=O)(=O)C1)N1CCc2ccc(Oc3ccc(C(F)(F)F)cc3)cc2C1. The number of sulfone groups is 1. The highest BCUT2D eigenvalue weighted by molar-refractivity contribution is 7.92. The summed E-state index contributed by atoms with van der Waals surface area (Å²) >= 11 is 0. The molecule has 2 aromatic rings. The zero-order valence-electron chi connectivity index (χ0n) is 16.0. The number of amides is 1. The maximum atomic E-state index is 12.7. The number of rotatable bonds is 4. The van der Waals surface area contributed by atoms with Gasteiger partial charge in [-0.2, -0.15) is 13.2 Å². The molecule has 1 saturated heterocycles. The second-order valence-electron chi connectivity index (χ2n) is 7.77. The number of carbonyl (C=O) groups is 1. The van der Waals surface area contributed by atoms with Crippen molar-refractivity contribution in [1.82, 2.24) is 4.90 Å². The summed E-state index contributed by atoms with van der Waals surface area (Å²) in [6.07, 6.45) is -3.48. The minimum Gasteiger partial charge on any atom is -0.457 e. The number of ether oxygens (including phenoxy) is 1. The molecule has 0 spiro atoms. The Morgan fingerprint density at radius 3 is 2.33 bits per heavy atom. The van der Waals surface area contributed by atoms with Crippen LogP contribution in [0.1, 0.15) is 23.1 Å². The fraction of sp³-hybridized carbons (Fsp3) is 0.381. The van der Waals surface area contributed by atoms with Gasteiger partial charge in [-0.05, 0) is 59.9 Å². The largest absolute Gasteiger partial charge is 0.457 e. The van der Waals surface area contributed by atoms with Crippen LogP contribution in [0.5, 0.6) is 11.5 Å². The quantitative estimate of drug-likeness (QED) is 0.727. The molecule has 9 heteroatoms. The van der Waals surface area contributed by atoms with Crippen molar-refractivity contribution in [1.29, 1.82) is 0 Å². The number of benzene rings is 2. The molecular weight excluding hydrogens is 419 g/mol. The number of hydrogen-bond acceptors (Lipinski definition) is 4. The van der Waals surface area contributed by atoms with Gasteiger partial charge in [0.15, 0.2) is 9.84 Å². The predicted molar refractivity (Wildman–Crippen MR) is 104 cm³/mol. The molecular formula is C21H20F3NO4S. The van der Waals surface area contributed by atoms with Gasteiger partial charge in [0.1, 0.15) is 11.5 Å². The first-order chi connectivity index (χ1) is 14.1. The van der Waals surface area contributed by atoms with Gasteiger partial charge in [-0.15, -0.1) is 0 Å². The normalized spacial score (nSPS) is 18.4. The number of nitrogens with zero attached hydrogens (tertiary/aromatic N) is 1. The number of halogens is 3. The Bertz CT molecular complexity index is 1050. The lowest BCUT2D eigenvalue weighted by molar-refractivity contribution is -0.137. The summed E-state index contributed by atoms with van der Waals surface area (Å²) in [6, 6.07) is 9.92. The van der Waals surface area contributed by atoms with Crippen LogP contribution in [-0.4, -0.2) is 37.3 Å². The van der Waals surface area contributed by atoms with Gasteiger partial charge in [-0.3, -0.25) is 4.79 Å². The fourth-order valence-electron chi connectivity index (χ4n) is 3.82. The van der Waals surface area contributed by atoms with Crippen LogP contribution in [0.25, 0.3) is 0 Å². The van der Waals surface area contributed by atoms with Crippen LogP contribution in [0, 0.1) is 5.92 Å². The van der Waals surface area contributed by atoms with Gasteiger partial charge < -0.3 is 9.64 Å². The molecule has 2 aliphatic heterocycles. The number of hydrogen-bond donors (Lipinski definition) is 0. The first-order valence-corrected chi connectivity index (χ1v) is 11.4. The Balaban J connectivity index is 1.41. The average molecular weight is 439 g/mol. The molecule has 0 aromatic heterocycles. The second-order valence-corrected chi connectivity index (χ2v) is 9.92. The Labute approximate surface area is 172 Å². The van der Waals surface area contributed by atoms with Crippen molar-refractivity contribution in [3.05, 3.63) is 59.2 Å². The third-order valence-electron chi connectivity index (χ3n) is 5.40. The highest BCUT2D eigenvalue weighted by Gasteiger charge is 2.36. The molecule has 2 aliphatic rings. The number of fused-ring (bicyclic) bond motifs is 1. The summed E-state index contributed by atoms with van der Waals surface area (Å²) in [6.45, 7) is 0.974. The summed E-state index contributed by atoms with van der Waals surface area (Å²) < 4.78 is 66.3. The minimum absolute atomic E-state index is 0.0605. The first kappa shape index (κ1) is 20.7. The Hall–Kier alpha value is -2.55. The Morgan fingerprint density at radius 2 is 1.70 bits per heavy atom. The lowest BCUT2D eigenvalue weighted by atomic mass is 9.98. The summed E-state index contributed by atoms with van der Waals surface area (Å²) in [5, 5.41) is 0.